The first-order chi connectivity index (χ1) is 23.0. The molecular formula is C29H21Cl3N4O12S. The van der Waals surface area contributed by atoms with Gasteiger partial charge < -0.3 is 35.1 Å². The second-order valence-electron chi connectivity index (χ2n) is 10.4. The molecule has 4 atom stereocenters. The van der Waals surface area contributed by atoms with Crippen LogP contribution in [0.5, 0.6) is 11.5 Å². The van der Waals surface area contributed by atoms with E-state index in [-0.39, 0.29) is 16.5 Å². The van der Waals surface area contributed by atoms with E-state index in [0.29, 0.717) is 0 Å². The number of alkyl carbamates (subject to hydrolysis) is 1. The van der Waals surface area contributed by atoms with Gasteiger partial charge in [-0.05, 0) is 18.6 Å². The van der Waals surface area contributed by atoms with Gasteiger partial charge in [0.15, 0.2) is 23.0 Å². The van der Waals surface area contributed by atoms with E-state index in [2.05, 4.69) is 10.6 Å². The summed E-state index contributed by atoms with van der Waals surface area (Å²) in [5.41, 5.74) is -2.04. The van der Waals surface area contributed by atoms with E-state index >= 15 is 0 Å². The number of aromatic hydroxyl groups is 2. The summed E-state index contributed by atoms with van der Waals surface area (Å²) in [6.45, 7) is 1.44. The quantitative estimate of drug-likeness (QED) is 0.115. The molecule has 0 saturated carbocycles. The highest BCUT2D eigenvalue weighted by molar-refractivity contribution is 8.00. The molecule has 5 rings (SSSR count). The Labute approximate surface area is 292 Å². The van der Waals surface area contributed by atoms with E-state index in [9.17, 15) is 48.9 Å². The molecule has 0 radical (unpaired) electrons. The van der Waals surface area contributed by atoms with Crippen LogP contribution in [0.3, 0.4) is 0 Å². The van der Waals surface area contributed by atoms with E-state index < -0.39 is 96.1 Å². The van der Waals surface area contributed by atoms with Gasteiger partial charge in [-0.1, -0.05) is 65.1 Å². The second kappa shape index (κ2) is 13.5. The first-order valence-corrected chi connectivity index (χ1v) is 15.8. The summed E-state index contributed by atoms with van der Waals surface area (Å²) >= 11 is 17.2. The molecule has 2 aromatic carbocycles. The third-order valence-electron chi connectivity index (χ3n) is 7.19. The number of phenolic OH excluding ortho intramolecular Hbond substituents is 2. The van der Waals surface area contributed by atoms with Gasteiger partial charge in [0, 0.05) is 6.07 Å². The molecule has 1 aromatic heterocycles. The first-order valence-electron chi connectivity index (χ1n) is 13.7. The number of phenols is 2. The van der Waals surface area contributed by atoms with Gasteiger partial charge in [-0.15, -0.1) is 11.8 Å². The highest BCUT2D eigenvalue weighted by Crippen LogP contribution is 2.44. The molecule has 16 nitrogen and oxygen atoms in total. The number of thioether (sulfide) groups is 1. The fraction of sp³-hybridized carbons (Fsp3) is 0.207. The van der Waals surface area contributed by atoms with E-state index in [4.69, 9.17) is 44.0 Å². The molecule has 0 bridgehead atoms. The largest absolute Gasteiger partial charge is 0.504 e. The predicted octanol–water partition coefficient (Wildman–Crippen LogP) is 2.38. The summed E-state index contributed by atoms with van der Waals surface area (Å²) in [5, 5.41) is 33.9. The third kappa shape index (κ3) is 6.96. The summed E-state index contributed by atoms with van der Waals surface area (Å²) in [4.78, 5) is 90.4. The van der Waals surface area contributed by atoms with Crippen LogP contribution in [0.1, 0.15) is 28.9 Å². The molecule has 0 spiro atoms. The SMILES string of the molecule is CC1S[C@@H]2[C@H](NC(=O)[C@H](NC(=O)c3coc4cc(O)c(O)cc4c3=O)c3ccccc3)C(=O)N2C(C(=O)O)=C1OC(=O)NC(=O)C(Cl)(Cl)Cl. The lowest BCUT2D eigenvalue weighted by Crippen LogP contribution is -2.71. The standard InChI is InChI=1S/C29H21Cl3N4O12S/c1-10-21(48-28(46)35-27(45)29(30,31)32)19(26(43)44)36-24(42)18(25(36)49-10)34-23(41)17(11-5-3-2-4-6-11)33-22(40)13-9-47-16-8-15(38)14(37)7-12(16)20(13)39/h2-10,17-18,25,37-38H,1H3,(H,33,40)(H,34,41)(H,43,44)(H,35,45,46)/t10?,17-,18-,25-/m1/s1. The van der Waals surface area contributed by atoms with Gasteiger partial charge in [0.25, 0.3) is 21.5 Å². The van der Waals surface area contributed by atoms with Crippen LogP contribution < -0.4 is 21.4 Å². The molecule has 1 fully saturated rings. The molecule has 1 saturated heterocycles. The zero-order chi connectivity index (χ0) is 35.9. The summed E-state index contributed by atoms with van der Waals surface area (Å²) in [5.74, 6) is -7.62. The topological polar surface area (TPSA) is 242 Å². The van der Waals surface area contributed by atoms with Crippen molar-refractivity contribution in [2.75, 3.05) is 0 Å². The van der Waals surface area contributed by atoms with Crippen molar-refractivity contribution in [1.29, 1.82) is 0 Å². The Balaban J connectivity index is 1.37. The summed E-state index contributed by atoms with van der Waals surface area (Å²) in [6.07, 6.45) is -0.665. The highest BCUT2D eigenvalue weighted by atomic mass is 35.6. The van der Waals surface area contributed by atoms with Crippen molar-refractivity contribution in [3.8, 4) is 11.5 Å². The number of carboxylic acid groups (broad SMARTS) is 1. The Morgan fingerprint density at radius 2 is 1.69 bits per heavy atom. The Morgan fingerprint density at radius 3 is 2.33 bits per heavy atom. The number of halogens is 3. The van der Waals surface area contributed by atoms with E-state index in [1.54, 1.807) is 23.5 Å². The van der Waals surface area contributed by atoms with Gasteiger partial charge >= 0.3 is 12.1 Å². The maximum absolute atomic E-state index is 13.7. The lowest BCUT2D eigenvalue weighted by molar-refractivity contribution is -0.151. The predicted molar refractivity (Wildman–Crippen MR) is 172 cm³/mol. The Bertz CT molecular complexity index is 2020. The van der Waals surface area contributed by atoms with Gasteiger partial charge in [0.2, 0.25) is 11.3 Å². The average Bonchev–Trinajstić information content (AvgIpc) is 3.03. The van der Waals surface area contributed by atoms with Crippen molar-refractivity contribution >= 4 is 93.2 Å². The van der Waals surface area contributed by atoms with E-state index in [1.165, 1.54) is 19.1 Å². The van der Waals surface area contributed by atoms with Crippen molar-refractivity contribution in [3.63, 3.8) is 0 Å². The molecule has 5 amide bonds. The second-order valence-corrected chi connectivity index (χ2v) is 14.1. The van der Waals surface area contributed by atoms with Crippen LogP contribution in [0.4, 0.5) is 4.79 Å². The highest BCUT2D eigenvalue weighted by Gasteiger charge is 2.57. The number of β-lactam (4-membered cyclic amide) rings is 1. The number of carbonyl (C=O) groups is 6. The number of nitrogens with zero attached hydrogens (tertiary/aromatic N) is 1. The number of benzene rings is 2. The van der Waals surface area contributed by atoms with Gasteiger partial charge in [-0.3, -0.25) is 34.2 Å². The molecule has 3 heterocycles. The Kier molecular flexibility index (Phi) is 9.74. The number of carbonyl (C=O) groups excluding carboxylic acids is 5. The minimum atomic E-state index is -2.53. The van der Waals surface area contributed by atoms with Gasteiger partial charge in [-0.2, -0.15) is 0 Å². The summed E-state index contributed by atoms with van der Waals surface area (Å²) in [6, 6.07) is 6.86. The van der Waals surface area contributed by atoms with Crippen molar-refractivity contribution in [3.05, 3.63) is 81.5 Å². The van der Waals surface area contributed by atoms with Gasteiger partial charge in [0.05, 0.1) is 10.6 Å². The Hall–Kier alpha value is -4.97. The lowest BCUT2D eigenvalue weighted by atomic mass is 10.0. The lowest BCUT2D eigenvalue weighted by Gasteiger charge is -2.50. The van der Waals surface area contributed by atoms with Crippen LogP contribution >= 0.6 is 46.6 Å². The fourth-order valence-corrected chi connectivity index (χ4v) is 6.40. The average molecular weight is 756 g/mol. The van der Waals surface area contributed by atoms with Crippen molar-refractivity contribution in [2.45, 2.75) is 33.4 Å². The molecule has 256 valence electrons. The number of alkyl halides is 3. The fourth-order valence-electron chi connectivity index (χ4n) is 4.89. The first kappa shape index (κ1) is 35.3. The minimum Gasteiger partial charge on any atom is -0.504 e. The van der Waals surface area contributed by atoms with Crippen molar-refractivity contribution in [1.82, 2.24) is 20.9 Å². The monoisotopic (exact) mass is 754 g/mol. The molecule has 2 aliphatic heterocycles. The molecule has 6 N–H and O–H groups in total. The van der Waals surface area contributed by atoms with Crippen molar-refractivity contribution in [2.24, 2.45) is 0 Å². The number of imide groups is 1. The van der Waals surface area contributed by atoms with Crippen LogP contribution in [-0.2, 0) is 23.9 Å². The molecule has 20 heteroatoms. The van der Waals surface area contributed by atoms with Crippen LogP contribution in [-0.4, -0.2) is 76.4 Å². The molecule has 49 heavy (non-hydrogen) atoms. The maximum atomic E-state index is 13.7. The normalized spacial score (nSPS) is 19.3. The molecule has 1 unspecified atom stereocenters. The number of amides is 5. The molecule has 3 aromatic rings. The molecule has 2 aliphatic rings. The Morgan fingerprint density at radius 1 is 1.04 bits per heavy atom. The number of aliphatic carboxylic acids is 1. The van der Waals surface area contributed by atoms with Crippen molar-refractivity contribution < 1.29 is 53.2 Å². The number of nitrogens with one attached hydrogen (secondary N) is 3. The summed E-state index contributed by atoms with van der Waals surface area (Å²) in [7, 11) is 0. The smallest absolute Gasteiger partial charge is 0.419 e. The number of hydrogen-bond donors (Lipinski definition) is 6. The van der Waals surface area contributed by atoms with Crippen LogP contribution in [0.25, 0.3) is 11.0 Å². The number of carboxylic acids is 1. The van der Waals surface area contributed by atoms with E-state index in [0.717, 1.165) is 35.1 Å². The van der Waals surface area contributed by atoms with Crippen LogP contribution in [0.15, 0.2) is 69.4 Å². The van der Waals surface area contributed by atoms with E-state index in [1.807, 2.05) is 0 Å². The maximum Gasteiger partial charge on any atom is 0.419 e. The molecule has 0 aliphatic carbocycles. The number of rotatable bonds is 7. The number of hydrogen-bond acceptors (Lipinski definition) is 12. The number of fused-ring (bicyclic) bond motifs is 2. The number of ether oxygens (including phenoxy) is 1. The van der Waals surface area contributed by atoms with Gasteiger partial charge in [0.1, 0.15) is 34.9 Å². The zero-order valence-corrected chi connectivity index (χ0v) is 27.5. The van der Waals surface area contributed by atoms with Crippen LogP contribution in [0.2, 0.25) is 0 Å². The van der Waals surface area contributed by atoms with Gasteiger partial charge in [-0.25, -0.2) is 9.59 Å². The summed E-state index contributed by atoms with van der Waals surface area (Å²) < 4.78 is 7.79. The van der Waals surface area contributed by atoms with Crippen LogP contribution in [0, 0.1) is 0 Å². The zero-order valence-electron chi connectivity index (χ0n) is 24.4. The molecular weight excluding hydrogens is 735 g/mol. The third-order valence-corrected chi connectivity index (χ3v) is 9.09. The minimum absolute atomic E-state index is 0.123.